The van der Waals surface area contributed by atoms with Crippen LogP contribution in [-0.2, 0) is 15.1 Å². The highest BCUT2D eigenvalue weighted by atomic mass is 19.1. The maximum atomic E-state index is 14.4. The van der Waals surface area contributed by atoms with Gasteiger partial charge in [0, 0.05) is 31.6 Å². The molecule has 0 aliphatic carbocycles. The average molecular weight is 386 g/mol. The number of likely N-dealkylation sites (tertiary alicyclic amines) is 1. The molecule has 4 rings (SSSR count). The van der Waals surface area contributed by atoms with Crippen LogP contribution in [0.4, 0.5) is 10.3 Å². The van der Waals surface area contributed by atoms with E-state index in [2.05, 4.69) is 15.3 Å². The average Bonchev–Trinajstić information content (AvgIpc) is 2.68. The Kier molecular flexibility index (Phi) is 4.99. The number of hydrogen-bond donors (Lipinski definition) is 2. The molecule has 1 aromatic heterocycles. The number of benzene rings is 1. The van der Waals surface area contributed by atoms with Crippen LogP contribution in [0.1, 0.15) is 25.3 Å². The van der Waals surface area contributed by atoms with Gasteiger partial charge in [0.2, 0.25) is 11.9 Å². The molecule has 0 radical (unpaired) electrons. The van der Waals surface area contributed by atoms with Crippen molar-refractivity contribution >= 4 is 11.9 Å². The lowest BCUT2D eigenvalue weighted by atomic mass is 9.90. The number of rotatable bonds is 4. The molecule has 0 spiro atoms. The Morgan fingerprint density at radius 1 is 1.36 bits per heavy atom. The van der Waals surface area contributed by atoms with Gasteiger partial charge >= 0.3 is 0 Å². The van der Waals surface area contributed by atoms with E-state index in [9.17, 15) is 14.3 Å². The Hall–Kier alpha value is -2.58. The van der Waals surface area contributed by atoms with E-state index in [1.807, 2.05) is 4.90 Å². The van der Waals surface area contributed by atoms with Crippen LogP contribution >= 0.6 is 0 Å². The summed E-state index contributed by atoms with van der Waals surface area (Å²) >= 11 is 0. The van der Waals surface area contributed by atoms with Crippen molar-refractivity contribution in [3.05, 3.63) is 41.8 Å². The summed E-state index contributed by atoms with van der Waals surface area (Å²) in [4.78, 5) is 21.7. The molecule has 3 heterocycles. The second-order valence-corrected chi connectivity index (χ2v) is 7.42. The molecule has 0 saturated carbocycles. The van der Waals surface area contributed by atoms with Crippen LogP contribution in [-0.4, -0.2) is 58.2 Å². The fourth-order valence-electron chi connectivity index (χ4n) is 3.58. The first kappa shape index (κ1) is 18.8. The van der Waals surface area contributed by atoms with Gasteiger partial charge in [0.05, 0.1) is 19.4 Å². The standard InChI is InChI=1S/C20H23FN4O3/c1-13(26)25-7-5-16(6-8-25)23-19-22-10-17(21)18(24-19)14-3-2-4-15(9-14)20(27)11-28-12-20/h2-4,9-10,16,27H,5-8,11-12H2,1H3,(H,22,23,24). The summed E-state index contributed by atoms with van der Waals surface area (Å²) in [7, 11) is 0. The van der Waals surface area contributed by atoms with Gasteiger partial charge in [-0.15, -0.1) is 0 Å². The van der Waals surface area contributed by atoms with Gasteiger partial charge in [0.1, 0.15) is 11.3 Å². The maximum Gasteiger partial charge on any atom is 0.223 e. The van der Waals surface area contributed by atoms with E-state index in [1.165, 1.54) is 0 Å². The van der Waals surface area contributed by atoms with Crippen LogP contribution < -0.4 is 5.32 Å². The number of halogens is 1. The summed E-state index contributed by atoms with van der Waals surface area (Å²) < 4.78 is 19.5. The molecule has 28 heavy (non-hydrogen) atoms. The van der Waals surface area contributed by atoms with E-state index >= 15 is 0 Å². The van der Waals surface area contributed by atoms with Gasteiger partial charge in [0.25, 0.3) is 0 Å². The minimum atomic E-state index is -1.02. The molecule has 148 valence electrons. The van der Waals surface area contributed by atoms with Crippen molar-refractivity contribution in [1.82, 2.24) is 14.9 Å². The third-order valence-electron chi connectivity index (χ3n) is 5.37. The van der Waals surface area contributed by atoms with Crippen molar-refractivity contribution in [1.29, 1.82) is 0 Å². The maximum absolute atomic E-state index is 14.4. The van der Waals surface area contributed by atoms with Crippen molar-refractivity contribution in [2.45, 2.75) is 31.4 Å². The van der Waals surface area contributed by atoms with Crippen molar-refractivity contribution in [2.75, 3.05) is 31.6 Å². The van der Waals surface area contributed by atoms with Crippen molar-refractivity contribution in [3.8, 4) is 11.3 Å². The molecule has 2 aliphatic heterocycles. The largest absolute Gasteiger partial charge is 0.380 e. The monoisotopic (exact) mass is 386 g/mol. The number of nitrogens with zero attached hydrogens (tertiary/aromatic N) is 3. The first-order valence-corrected chi connectivity index (χ1v) is 9.40. The minimum absolute atomic E-state index is 0.0807. The highest BCUT2D eigenvalue weighted by Crippen LogP contribution is 2.32. The summed E-state index contributed by atoms with van der Waals surface area (Å²) in [6.07, 6.45) is 2.74. The molecule has 8 heteroatoms. The second kappa shape index (κ2) is 7.44. The van der Waals surface area contributed by atoms with Crippen LogP contribution in [0, 0.1) is 5.82 Å². The Morgan fingerprint density at radius 3 is 2.75 bits per heavy atom. The number of anilines is 1. The van der Waals surface area contributed by atoms with Gasteiger partial charge in [-0.3, -0.25) is 4.79 Å². The molecule has 1 aromatic carbocycles. The Balaban J connectivity index is 1.52. The van der Waals surface area contributed by atoms with Gasteiger partial charge < -0.3 is 20.1 Å². The van der Waals surface area contributed by atoms with Crippen LogP contribution in [0.15, 0.2) is 30.5 Å². The Labute approximate surface area is 162 Å². The van der Waals surface area contributed by atoms with Gasteiger partial charge in [0.15, 0.2) is 5.82 Å². The molecule has 7 nitrogen and oxygen atoms in total. The van der Waals surface area contributed by atoms with Crippen LogP contribution in [0.3, 0.4) is 0 Å². The molecule has 2 fully saturated rings. The van der Waals surface area contributed by atoms with E-state index in [0.29, 0.717) is 30.2 Å². The fourth-order valence-corrected chi connectivity index (χ4v) is 3.58. The van der Waals surface area contributed by atoms with Crippen molar-refractivity contribution < 1.29 is 19.0 Å². The first-order valence-electron chi connectivity index (χ1n) is 9.40. The van der Waals surface area contributed by atoms with Crippen LogP contribution in [0.25, 0.3) is 11.3 Å². The SMILES string of the molecule is CC(=O)N1CCC(Nc2ncc(F)c(-c3cccc(C4(O)COC4)c3)n2)CC1. The van der Waals surface area contributed by atoms with Crippen molar-refractivity contribution in [2.24, 2.45) is 0 Å². The molecule has 2 saturated heterocycles. The van der Waals surface area contributed by atoms with Crippen molar-refractivity contribution in [3.63, 3.8) is 0 Å². The van der Waals surface area contributed by atoms with E-state index in [-0.39, 0.29) is 30.9 Å². The lowest BCUT2D eigenvalue weighted by molar-refractivity contribution is -0.184. The van der Waals surface area contributed by atoms with Crippen LogP contribution in [0.5, 0.6) is 0 Å². The van der Waals surface area contributed by atoms with Gasteiger partial charge in [-0.1, -0.05) is 18.2 Å². The van der Waals surface area contributed by atoms with E-state index < -0.39 is 11.4 Å². The quantitative estimate of drug-likeness (QED) is 0.835. The number of ether oxygens (including phenoxy) is 1. The normalized spacial score (nSPS) is 19.2. The summed E-state index contributed by atoms with van der Waals surface area (Å²) in [6.45, 7) is 3.40. The fraction of sp³-hybridized carbons (Fsp3) is 0.450. The van der Waals surface area contributed by atoms with E-state index in [4.69, 9.17) is 4.74 Å². The molecule has 2 aromatic rings. The number of hydrogen-bond acceptors (Lipinski definition) is 6. The lowest BCUT2D eigenvalue weighted by Gasteiger charge is -2.36. The molecule has 0 bridgehead atoms. The second-order valence-electron chi connectivity index (χ2n) is 7.42. The zero-order valence-electron chi connectivity index (χ0n) is 15.7. The van der Waals surface area contributed by atoms with E-state index in [0.717, 1.165) is 19.0 Å². The van der Waals surface area contributed by atoms with Gasteiger partial charge in [-0.25, -0.2) is 14.4 Å². The van der Waals surface area contributed by atoms with E-state index in [1.54, 1.807) is 31.2 Å². The first-order chi connectivity index (χ1) is 13.4. The summed E-state index contributed by atoms with van der Waals surface area (Å²) in [5.41, 5.74) is 0.419. The number of carbonyl (C=O) groups excluding carboxylic acids is 1. The zero-order chi connectivity index (χ0) is 19.7. The summed E-state index contributed by atoms with van der Waals surface area (Å²) in [6, 6.07) is 7.20. The predicted molar refractivity (Wildman–Crippen MR) is 101 cm³/mol. The molecule has 0 unspecified atom stereocenters. The predicted octanol–water partition coefficient (Wildman–Crippen LogP) is 1.92. The molecule has 2 aliphatic rings. The number of piperidine rings is 1. The molecule has 0 atom stereocenters. The minimum Gasteiger partial charge on any atom is -0.380 e. The number of carbonyl (C=O) groups is 1. The summed E-state index contributed by atoms with van der Waals surface area (Å²) in [5.74, 6) is -0.0862. The third-order valence-corrected chi connectivity index (χ3v) is 5.37. The molecular weight excluding hydrogens is 363 g/mol. The lowest BCUT2D eigenvalue weighted by Crippen LogP contribution is -2.46. The highest BCUT2D eigenvalue weighted by Gasteiger charge is 2.38. The number of nitrogens with one attached hydrogen (secondary N) is 1. The van der Waals surface area contributed by atoms with Gasteiger partial charge in [-0.05, 0) is 24.5 Å². The molecule has 1 amide bonds. The topological polar surface area (TPSA) is 87.6 Å². The van der Waals surface area contributed by atoms with Crippen LogP contribution in [0.2, 0.25) is 0 Å². The number of aliphatic hydroxyl groups is 1. The number of aromatic nitrogens is 2. The molecular formula is C20H23FN4O3. The number of amides is 1. The Morgan fingerprint density at radius 2 is 2.11 bits per heavy atom. The smallest absolute Gasteiger partial charge is 0.223 e. The Bertz CT molecular complexity index is 880. The highest BCUT2D eigenvalue weighted by molar-refractivity contribution is 5.73. The summed E-state index contributed by atoms with van der Waals surface area (Å²) in [5, 5.41) is 13.7. The third kappa shape index (κ3) is 3.70. The molecule has 2 N–H and O–H groups in total. The zero-order valence-corrected chi connectivity index (χ0v) is 15.7. The van der Waals surface area contributed by atoms with Gasteiger partial charge in [-0.2, -0.15) is 0 Å².